The van der Waals surface area contributed by atoms with Crippen molar-refractivity contribution in [2.24, 2.45) is 0 Å². The van der Waals surface area contributed by atoms with Gasteiger partial charge in [-0.05, 0) is 39.8 Å². The van der Waals surface area contributed by atoms with E-state index in [0.717, 1.165) is 17.4 Å². The molecule has 0 amide bonds. The summed E-state index contributed by atoms with van der Waals surface area (Å²) in [7, 11) is 0. The summed E-state index contributed by atoms with van der Waals surface area (Å²) in [6, 6.07) is 16.8. The Hall–Kier alpha value is -2.59. The van der Waals surface area contributed by atoms with Crippen LogP contribution in [-0.4, -0.2) is 0 Å². The third-order valence-corrected chi connectivity index (χ3v) is 3.95. The molecule has 3 aromatic rings. The van der Waals surface area contributed by atoms with Crippen LogP contribution in [0.2, 0.25) is 0 Å². The SMILES string of the molecule is N#Cc1cccc2c1ccc1c3c(ccc12)C=CC3. The predicted molar refractivity (Wildman–Crippen MR) is 78.9 cm³/mol. The van der Waals surface area contributed by atoms with Crippen molar-refractivity contribution in [2.75, 3.05) is 0 Å². The number of hydrogen-bond acceptors (Lipinski definition) is 1. The van der Waals surface area contributed by atoms with E-state index in [2.05, 4.69) is 48.6 Å². The van der Waals surface area contributed by atoms with E-state index in [1.165, 1.54) is 27.3 Å². The molecule has 0 radical (unpaired) electrons. The second kappa shape index (κ2) is 3.70. The number of allylic oxidation sites excluding steroid dienone is 1. The lowest BCUT2D eigenvalue weighted by Gasteiger charge is -2.09. The lowest BCUT2D eigenvalue weighted by molar-refractivity contribution is 1.35. The number of rotatable bonds is 0. The zero-order valence-corrected chi connectivity index (χ0v) is 10.4. The maximum atomic E-state index is 9.20. The highest BCUT2D eigenvalue weighted by Gasteiger charge is 2.11. The van der Waals surface area contributed by atoms with Gasteiger partial charge in [-0.15, -0.1) is 0 Å². The summed E-state index contributed by atoms with van der Waals surface area (Å²) in [5, 5.41) is 14.0. The van der Waals surface area contributed by atoms with E-state index in [1.54, 1.807) is 0 Å². The van der Waals surface area contributed by atoms with Crippen LogP contribution in [0.4, 0.5) is 0 Å². The molecule has 88 valence electrons. The van der Waals surface area contributed by atoms with Crippen molar-refractivity contribution in [1.29, 1.82) is 5.26 Å². The second-order valence-corrected chi connectivity index (χ2v) is 4.91. The Morgan fingerprint density at radius 1 is 0.842 bits per heavy atom. The molecule has 0 N–H and O–H groups in total. The van der Waals surface area contributed by atoms with E-state index in [1.807, 2.05) is 12.1 Å². The van der Waals surface area contributed by atoms with E-state index < -0.39 is 0 Å². The average Bonchev–Trinajstić information content (AvgIpc) is 2.94. The van der Waals surface area contributed by atoms with Crippen molar-refractivity contribution in [3.8, 4) is 6.07 Å². The number of nitriles is 1. The Morgan fingerprint density at radius 2 is 1.63 bits per heavy atom. The molecule has 1 heteroatoms. The summed E-state index contributed by atoms with van der Waals surface area (Å²) >= 11 is 0. The van der Waals surface area contributed by atoms with Crippen LogP contribution in [-0.2, 0) is 6.42 Å². The molecule has 4 rings (SSSR count). The van der Waals surface area contributed by atoms with Crippen molar-refractivity contribution in [2.45, 2.75) is 6.42 Å². The molecule has 0 aliphatic heterocycles. The van der Waals surface area contributed by atoms with E-state index in [-0.39, 0.29) is 0 Å². The molecular formula is C18H11N. The van der Waals surface area contributed by atoms with Gasteiger partial charge in [0.1, 0.15) is 0 Å². The molecule has 0 saturated carbocycles. The smallest absolute Gasteiger partial charge is 0.0998 e. The normalized spacial score (nSPS) is 12.8. The van der Waals surface area contributed by atoms with Crippen molar-refractivity contribution in [3.63, 3.8) is 0 Å². The summed E-state index contributed by atoms with van der Waals surface area (Å²) in [4.78, 5) is 0. The lowest BCUT2D eigenvalue weighted by Crippen LogP contribution is -1.87. The molecule has 0 spiro atoms. The Morgan fingerprint density at radius 3 is 2.53 bits per heavy atom. The topological polar surface area (TPSA) is 23.8 Å². The van der Waals surface area contributed by atoms with Gasteiger partial charge < -0.3 is 0 Å². The molecule has 0 heterocycles. The zero-order valence-electron chi connectivity index (χ0n) is 10.4. The third kappa shape index (κ3) is 1.34. The largest absolute Gasteiger partial charge is 0.192 e. The van der Waals surface area contributed by atoms with Gasteiger partial charge in [-0.1, -0.05) is 48.6 Å². The van der Waals surface area contributed by atoms with Crippen LogP contribution in [0.3, 0.4) is 0 Å². The van der Waals surface area contributed by atoms with E-state index in [0.29, 0.717) is 0 Å². The summed E-state index contributed by atoms with van der Waals surface area (Å²) in [6.45, 7) is 0. The third-order valence-electron chi connectivity index (χ3n) is 3.95. The fourth-order valence-electron chi connectivity index (χ4n) is 3.04. The summed E-state index contributed by atoms with van der Waals surface area (Å²) in [5.74, 6) is 0. The summed E-state index contributed by atoms with van der Waals surface area (Å²) < 4.78 is 0. The van der Waals surface area contributed by atoms with Gasteiger partial charge in [-0.3, -0.25) is 0 Å². The van der Waals surface area contributed by atoms with E-state index in [4.69, 9.17) is 0 Å². The van der Waals surface area contributed by atoms with Crippen molar-refractivity contribution < 1.29 is 0 Å². The molecule has 0 saturated heterocycles. The molecule has 0 fully saturated rings. The maximum Gasteiger partial charge on any atom is 0.0998 e. The monoisotopic (exact) mass is 241 g/mol. The van der Waals surface area contributed by atoms with Crippen molar-refractivity contribution in [3.05, 3.63) is 65.2 Å². The fraction of sp³-hybridized carbons (Fsp3) is 0.0556. The van der Waals surface area contributed by atoms with Gasteiger partial charge in [-0.2, -0.15) is 5.26 Å². The fourth-order valence-corrected chi connectivity index (χ4v) is 3.04. The highest BCUT2D eigenvalue weighted by Crippen LogP contribution is 2.33. The first-order valence-electron chi connectivity index (χ1n) is 6.42. The molecule has 0 bridgehead atoms. The van der Waals surface area contributed by atoms with Crippen LogP contribution in [0.1, 0.15) is 16.7 Å². The first kappa shape index (κ1) is 10.3. The molecule has 1 aliphatic rings. The lowest BCUT2D eigenvalue weighted by atomic mass is 9.94. The number of hydrogen-bond donors (Lipinski definition) is 0. The van der Waals surface area contributed by atoms with Gasteiger partial charge in [-0.25, -0.2) is 0 Å². The minimum absolute atomic E-state index is 0.748. The molecule has 3 aromatic carbocycles. The van der Waals surface area contributed by atoms with Crippen LogP contribution in [0.25, 0.3) is 27.6 Å². The van der Waals surface area contributed by atoms with Crippen molar-refractivity contribution in [1.82, 2.24) is 0 Å². The Labute approximate surface area is 111 Å². The molecule has 1 nitrogen and oxygen atoms in total. The summed E-state index contributed by atoms with van der Waals surface area (Å²) in [5.41, 5.74) is 3.48. The number of nitrogens with zero attached hydrogens (tertiary/aromatic N) is 1. The molecule has 0 atom stereocenters. The minimum Gasteiger partial charge on any atom is -0.192 e. The average molecular weight is 241 g/mol. The van der Waals surface area contributed by atoms with Gasteiger partial charge in [0.2, 0.25) is 0 Å². The predicted octanol–water partition coefficient (Wildman–Crippen LogP) is 4.43. The number of benzene rings is 3. The molecule has 19 heavy (non-hydrogen) atoms. The van der Waals surface area contributed by atoms with Gasteiger partial charge in [0.15, 0.2) is 0 Å². The molecular weight excluding hydrogens is 230 g/mol. The van der Waals surface area contributed by atoms with Gasteiger partial charge in [0.05, 0.1) is 11.6 Å². The van der Waals surface area contributed by atoms with Crippen molar-refractivity contribution >= 4 is 27.6 Å². The Bertz CT molecular complexity index is 895. The minimum atomic E-state index is 0.748. The second-order valence-electron chi connectivity index (χ2n) is 4.91. The standard InChI is InChI=1S/C18H11N/c19-11-13-4-2-6-16-15(13)9-10-17-14-5-1-3-12(14)7-8-18(16)17/h1-4,6-10H,5H2. The van der Waals surface area contributed by atoms with Crippen LogP contribution in [0.5, 0.6) is 0 Å². The van der Waals surface area contributed by atoms with Gasteiger partial charge >= 0.3 is 0 Å². The molecule has 0 unspecified atom stereocenters. The Kier molecular flexibility index (Phi) is 2.01. The summed E-state index contributed by atoms with van der Waals surface area (Å²) in [6.07, 6.45) is 5.40. The first-order valence-corrected chi connectivity index (χ1v) is 6.42. The first-order chi connectivity index (χ1) is 9.38. The van der Waals surface area contributed by atoms with Crippen LogP contribution in [0, 0.1) is 11.3 Å². The van der Waals surface area contributed by atoms with Crippen LogP contribution >= 0.6 is 0 Å². The van der Waals surface area contributed by atoms with E-state index in [9.17, 15) is 5.26 Å². The highest BCUT2D eigenvalue weighted by molar-refractivity contribution is 6.10. The highest BCUT2D eigenvalue weighted by atomic mass is 14.2. The Balaban J connectivity index is 2.20. The van der Waals surface area contributed by atoms with Gasteiger partial charge in [0, 0.05) is 5.39 Å². The van der Waals surface area contributed by atoms with Crippen LogP contribution < -0.4 is 0 Å². The number of fused-ring (bicyclic) bond motifs is 5. The van der Waals surface area contributed by atoms with Crippen LogP contribution in [0.15, 0.2) is 48.5 Å². The molecule has 0 aromatic heterocycles. The quantitative estimate of drug-likeness (QED) is 0.534. The zero-order chi connectivity index (χ0) is 12.8. The molecule has 1 aliphatic carbocycles. The van der Waals surface area contributed by atoms with Gasteiger partial charge in [0.25, 0.3) is 0 Å². The maximum absolute atomic E-state index is 9.20. The van der Waals surface area contributed by atoms with E-state index >= 15 is 0 Å².